The summed E-state index contributed by atoms with van der Waals surface area (Å²) in [6.45, 7) is 0.720. The van der Waals surface area contributed by atoms with E-state index in [1.165, 1.54) is 28.7 Å². The average Bonchev–Trinajstić information content (AvgIpc) is 2.92. The van der Waals surface area contributed by atoms with Gasteiger partial charge in [0.1, 0.15) is 0 Å². The molecule has 1 nitrogen and oxygen atoms in total. The second-order valence-electron chi connectivity index (χ2n) is 5.22. The number of hydrogen-bond donors (Lipinski definition) is 1. The van der Waals surface area contributed by atoms with Gasteiger partial charge >= 0.3 is 0 Å². The normalized spacial score (nSPS) is 27.9. The number of hydrogen-bond acceptors (Lipinski definition) is 1. The number of benzene rings is 2. The van der Waals surface area contributed by atoms with Crippen LogP contribution in [-0.2, 0) is 5.41 Å². The average molecular weight is 221 g/mol. The number of fused-ring (bicyclic) bond motifs is 8. The van der Waals surface area contributed by atoms with Crippen LogP contribution in [0.15, 0.2) is 48.5 Å². The van der Waals surface area contributed by atoms with E-state index in [1.54, 1.807) is 0 Å². The molecule has 0 amide bonds. The van der Waals surface area contributed by atoms with Gasteiger partial charge in [-0.15, -0.1) is 0 Å². The van der Waals surface area contributed by atoms with E-state index >= 15 is 0 Å². The van der Waals surface area contributed by atoms with Crippen LogP contribution in [-0.4, -0.2) is 6.54 Å². The lowest BCUT2D eigenvalue weighted by molar-refractivity contribution is 0.543. The molecule has 2 aliphatic carbocycles. The van der Waals surface area contributed by atoms with Crippen LogP contribution in [0.25, 0.3) is 0 Å². The van der Waals surface area contributed by atoms with Gasteiger partial charge in [0.05, 0.1) is 0 Å². The Hall–Kier alpha value is -1.60. The minimum atomic E-state index is 0.0951. The summed E-state index contributed by atoms with van der Waals surface area (Å²) in [5.41, 5.74) is 12.2. The van der Waals surface area contributed by atoms with Crippen molar-refractivity contribution in [3.63, 3.8) is 0 Å². The molecule has 2 aromatic carbocycles. The largest absolute Gasteiger partial charge is 0.329 e. The monoisotopic (exact) mass is 221 g/mol. The fourth-order valence-corrected chi connectivity index (χ4v) is 3.88. The van der Waals surface area contributed by atoms with E-state index in [9.17, 15) is 0 Å². The quantitative estimate of drug-likeness (QED) is 0.787. The van der Waals surface area contributed by atoms with Crippen LogP contribution in [0.2, 0.25) is 0 Å². The molecule has 84 valence electrons. The van der Waals surface area contributed by atoms with Crippen molar-refractivity contribution in [1.29, 1.82) is 0 Å². The van der Waals surface area contributed by atoms with Crippen molar-refractivity contribution in [1.82, 2.24) is 0 Å². The maximum Gasteiger partial charge on any atom is 0.0339 e. The Labute approximate surface area is 101 Å². The second kappa shape index (κ2) is 2.99. The third kappa shape index (κ3) is 0.945. The molecule has 0 heterocycles. The summed E-state index contributed by atoms with van der Waals surface area (Å²) in [6, 6.07) is 17.6. The summed E-state index contributed by atoms with van der Waals surface area (Å²) >= 11 is 0. The fraction of sp³-hybridized carbons (Fsp3) is 0.250. The van der Waals surface area contributed by atoms with Crippen molar-refractivity contribution in [2.45, 2.75) is 17.8 Å². The van der Waals surface area contributed by atoms with Crippen LogP contribution in [0.3, 0.4) is 0 Å². The Morgan fingerprint density at radius 3 is 2.00 bits per heavy atom. The Bertz CT molecular complexity index is 552. The summed E-state index contributed by atoms with van der Waals surface area (Å²) in [5, 5.41) is 0. The molecule has 0 saturated carbocycles. The van der Waals surface area contributed by atoms with E-state index < -0.39 is 0 Å². The maximum absolute atomic E-state index is 6.14. The molecule has 2 aromatic rings. The third-order valence-electron chi connectivity index (χ3n) is 4.60. The van der Waals surface area contributed by atoms with Crippen molar-refractivity contribution >= 4 is 0 Å². The Balaban J connectivity index is 2.08. The van der Waals surface area contributed by atoms with Gasteiger partial charge in [0.15, 0.2) is 0 Å². The van der Waals surface area contributed by atoms with Crippen LogP contribution in [0.5, 0.6) is 0 Å². The number of nitrogens with two attached hydrogens (primary N) is 1. The highest BCUT2D eigenvalue weighted by atomic mass is 14.7. The minimum Gasteiger partial charge on any atom is -0.329 e. The van der Waals surface area contributed by atoms with Crippen molar-refractivity contribution in [2.75, 3.05) is 6.54 Å². The smallest absolute Gasteiger partial charge is 0.0339 e. The highest BCUT2D eigenvalue weighted by Crippen LogP contribution is 2.59. The zero-order chi connectivity index (χ0) is 11.5. The van der Waals surface area contributed by atoms with Gasteiger partial charge in [-0.3, -0.25) is 0 Å². The van der Waals surface area contributed by atoms with Crippen LogP contribution >= 0.6 is 0 Å². The SMILES string of the molecule is NCC12CC(c3ccccc31)c1ccccc12. The highest BCUT2D eigenvalue weighted by molar-refractivity contribution is 5.62. The van der Waals surface area contributed by atoms with Crippen molar-refractivity contribution in [3.8, 4) is 0 Å². The van der Waals surface area contributed by atoms with E-state index in [-0.39, 0.29) is 5.41 Å². The molecule has 2 N–H and O–H groups in total. The molecule has 4 rings (SSSR count). The van der Waals surface area contributed by atoms with Crippen LogP contribution in [0.1, 0.15) is 34.6 Å². The highest BCUT2D eigenvalue weighted by Gasteiger charge is 2.51. The Kier molecular flexibility index (Phi) is 1.66. The van der Waals surface area contributed by atoms with Crippen molar-refractivity contribution < 1.29 is 0 Å². The predicted molar refractivity (Wildman–Crippen MR) is 69.2 cm³/mol. The number of rotatable bonds is 1. The molecule has 0 spiro atoms. The predicted octanol–water partition coefficient (Wildman–Crippen LogP) is 2.78. The first-order chi connectivity index (χ1) is 8.37. The van der Waals surface area contributed by atoms with Crippen LogP contribution < -0.4 is 5.73 Å². The molecule has 2 aliphatic rings. The molecule has 1 heteroatoms. The van der Waals surface area contributed by atoms with Gasteiger partial charge < -0.3 is 5.73 Å². The minimum absolute atomic E-state index is 0.0951. The van der Waals surface area contributed by atoms with Crippen LogP contribution in [0, 0.1) is 0 Å². The molecule has 17 heavy (non-hydrogen) atoms. The summed E-state index contributed by atoms with van der Waals surface area (Å²) < 4.78 is 0. The molecule has 0 saturated heterocycles. The zero-order valence-electron chi connectivity index (χ0n) is 9.69. The van der Waals surface area contributed by atoms with Gasteiger partial charge in [-0.1, -0.05) is 48.5 Å². The molecule has 0 atom stereocenters. The van der Waals surface area contributed by atoms with E-state index in [0.717, 1.165) is 6.54 Å². The molecule has 0 aliphatic heterocycles. The van der Waals surface area contributed by atoms with Gasteiger partial charge in [-0.25, -0.2) is 0 Å². The molecule has 0 radical (unpaired) electrons. The van der Waals surface area contributed by atoms with E-state index in [4.69, 9.17) is 5.73 Å². The van der Waals surface area contributed by atoms with E-state index in [2.05, 4.69) is 48.5 Å². The molecule has 2 bridgehead atoms. The molecular formula is C16H15N. The lowest BCUT2D eigenvalue weighted by Gasteiger charge is -2.29. The lowest BCUT2D eigenvalue weighted by Crippen LogP contribution is -2.33. The standard InChI is InChI=1S/C16H15N/c17-10-16-9-13(11-5-1-3-7-14(11)16)12-6-2-4-8-15(12)16/h1-8,13H,9-10,17H2. The molecule has 0 fully saturated rings. The van der Waals surface area contributed by atoms with Gasteiger partial charge in [0.2, 0.25) is 0 Å². The summed E-state index contributed by atoms with van der Waals surface area (Å²) in [4.78, 5) is 0. The Morgan fingerprint density at radius 1 is 0.941 bits per heavy atom. The summed E-state index contributed by atoms with van der Waals surface area (Å²) in [5.74, 6) is 0.575. The van der Waals surface area contributed by atoms with E-state index in [0.29, 0.717) is 5.92 Å². The lowest BCUT2D eigenvalue weighted by atomic mass is 9.75. The first-order valence-electron chi connectivity index (χ1n) is 6.26. The fourth-order valence-electron chi connectivity index (χ4n) is 3.88. The van der Waals surface area contributed by atoms with Crippen molar-refractivity contribution in [3.05, 3.63) is 70.8 Å². The van der Waals surface area contributed by atoms with Gasteiger partial charge in [-0.05, 0) is 28.7 Å². The third-order valence-corrected chi connectivity index (χ3v) is 4.60. The molecular weight excluding hydrogens is 206 g/mol. The summed E-state index contributed by atoms with van der Waals surface area (Å²) in [7, 11) is 0. The first-order valence-corrected chi connectivity index (χ1v) is 6.26. The molecule has 0 unspecified atom stereocenters. The maximum atomic E-state index is 6.14. The topological polar surface area (TPSA) is 26.0 Å². The van der Waals surface area contributed by atoms with Crippen LogP contribution in [0.4, 0.5) is 0 Å². The zero-order valence-corrected chi connectivity index (χ0v) is 9.69. The second-order valence-corrected chi connectivity index (χ2v) is 5.22. The van der Waals surface area contributed by atoms with E-state index in [1.807, 2.05) is 0 Å². The summed E-state index contributed by atoms with van der Waals surface area (Å²) in [6.07, 6.45) is 1.17. The van der Waals surface area contributed by atoms with Gasteiger partial charge in [0, 0.05) is 17.9 Å². The Morgan fingerprint density at radius 2 is 1.47 bits per heavy atom. The molecule has 0 aromatic heterocycles. The van der Waals surface area contributed by atoms with Crippen molar-refractivity contribution in [2.24, 2.45) is 5.73 Å². The van der Waals surface area contributed by atoms with Gasteiger partial charge in [0.25, 0.3) is 0 Å². The first kappa shape index (κ1) is 9.43. The van der Waals surface area contributed by atoms with Gasteiger partial charge in [-0.2, -0.15) is 0 Å².